The van der Waals surface area contributed by atoms with Gasteiger partial charge in [-0.15, -0.1) is 0 Å². The van der Waals surface area contributed by atoms with Crippen molar-refractivity contribution in [3.05, 3.63) is 0 Å². The molecule has 1 atom stereocenters. The summed E-state index contributed by atoms with van der Waals surface area (Å²) in [5, 5.41) is 0. The highest BCUT2D eigenvalue weighted by Gasteiger charge is 2.51. The summed E-state index contributed by atoms with van der Waals surface area (Å²) >= 11 is 0. The first-order chi connectivity index (χ1) is 8.04. The smallest absolute Gasteiger partial charge is 0.226 e. The van der Waals surface area contributed by atoms with E-state index in [1.807, 2.05) is 0 Å². The minimum Gasteiger partial charge on any atom is -0.381 e. The van der Waals surface area contributed by atoms with Crippen LogP contribution in [0.1, 0.15) is 40.0 Å². The minimum atomic E-state index is 0.250. The van der Waals surface area contributed by atoms with Crippen molar-refractivity contribution in [2.24, 2.45) is 17.3 Å². The lowest BCUT2D eigenvalue weighted by atomic mass is 9.99. The van der Waals surface area contributed by atoms with Crippen molar-refractivity contribution in [3.63, 3.8) is 0 Å². The predicted molar refractivity (Wildman–Crippen MR) is 67.7 cm³/mol. The largest absolute Gasteiger partial charge is 0.381 e. The molecule has 0 bridgehead atoms. The molecule has 2 rings (SSSR count). The molecular weight excluding hydrogens is 214 g/mol. The average Bonchev–Trinajstić information content (AvgIpc) is 2.96. The van der Waals surface area contributed by atoms with Gasteiger partial charge in [0.25, 0.3) is 0 Å². The van der Waals surface area contributed by atoms with Crippen LogP contribution in [0.5, 0.6) is 0 Å². The van der Waals surface area contributed by atoms with Crippen LogP contribution in [0, 0.1) is 17.3 Å². The maximum absolute atomic E-state index is 12.3. The molecule has 1 saturated carbocycles. The average molecular weight is 239 g/mol. The Morgan fingerprint density at radius 2 is 1.94 bits per heavy atom. The van der Waals surface area contributed by atoms with Gasteiger partial charge in [0.2, 0.25) is 5.91 Å². The van der Waals surface area contributed by atoms with Crippen LogP contribution in [0.4, 0.5) is 0 Å². The normalized spacial score (nSPS) is 27.8. The van der Waals surface area contributed by atoms with Crippen molar-refractivity contribution >= 4 is 5.91 Å². The first kappa shape index (κ1) is 12.9. The topological polar surface area (TPSA) is 29.5 Å². The van der Waals surface area contributed by atoms with Crippen LogP contribution in [0.25, 0.3) is 0 Å². The number of amides is 1. The van der Waals surface area contributed by atoms with E-state index in [1.165, 1.54) is 0 Å². The molecule has 1 aliphatic heterocycles. The van der Waals surface area contributed by atoms with Gasteiger partial charge in [-0.3, -0.25) is 4.79 Å². The van der Waals surface area contributed by atoms with Crippen molar-refractivity contribution in [1.29, 1.82) is 0 Å². The number of ether oxygens (including phenoxy) is 1. The summed E-state index contributed by atoms with van der Waals surface area (Å²) in [7, 11) is 0. The number of carbonyl (C=O) groups excluding carboxylic acids is 1. The summed E-state index contributed by atoms with van der Waals surface area (Å²) in [5.74, 6) is 1.31. The van der Waals surface area contributed by atoms with Gasteiger partial charge in [0, 0.05) is 32.2 Å². The van der Waals surface area contributed by atoms with Gasteiger partial charge in [0.05, 0.1) is 0 Å². The van der Waals surface area contributed by atoms with E-state index in [9.17, 15) is 4.79 Å². The highest BCUT2D eigenvalue weighted by atomic mass is 16.5. The second-order valence-electron chi connectivity index (χ2n) is 6.18. The van der Waals surface area contributed by atoms with E-state index in [4.69, 9.17) is 4.74 Å². The fraction of sp³-hybridized carbons (Fsp3) is 0.929. The zero-order chi connectivity index (χ0) is 12.5. The molecule has 3 heteroatoms. The first-order valence-corrected chi connectivity index (χ1v) is 6.91. The second-order valence-corrected chi connectivity index (χ2v) is 6.18. The standard InChI is InChI=1S/C14H25NO2/c1-4-15(10-11-5-7-17-8-6-11)13(16)12-9-14(12,2)3/h11-12H,4-10H2,1-3H3. The Hall–Kier alpha value is -0.570. The molecular formula is C14H25NO2. The molecule has 2 aliphatic rings. The van der Waals surface area contributed by atoms with Gasteiger partial charge in [-0.25, -0.2) is 0 Å². The number of carbonyl (C=O) groups is 1. The zero-order valence-corrected chi connectivity index (χ0v) is 11.4. The van der Waals surface area contributed by atoms with E-state index < -0.39 is 0 Å². The number of rotatable bonds is 4. The van der Waals surface area contributed by atoms with Gasteiger partial charge in [0.15, 0.2) is 0 Å². The van der Waals surface area contributed by atoms with E-state index >= 15 is 0 Å². The quantitative estimate of drug-likeness (QED) is 0.753. The van der Waals surface area contributed by atoms with E-state index in [0.717, 1.165) is 45.6 Å². The van der Waals surface area contributed by atoms with Crippen molar-refractivity contribution in [2.45, 2.75) is 40.0 Å². The van der Waals surface area contributed by atoms with E-state index in [0.29, 0.717) is 11.8 Å². The van der Waals surface area contributed by atoms with E-state index in [1.54, 1.807) is 0 Å². The van der Waals surface area contributed by atoms with Gasteiger partial charge in [-0.1, -0.05) is 13.8 Å². The maximum atomic E-state index is 12.3. The van der Waals surface area contributed by atoms with Gasteiger partial charge in [0.1, 0.15) is 0 Å². The van der Waals surface area contributed by atoms with Gasteiger partial charge < -0.3 is 9.64 Å². The van der Waals surface area contributed by atoms with Crippen LogP contribution in [-0.2, 0) is 9.53 Å². The molecule has 17 heavy (non-hydrogen) atoms. The highest BCUT2D eigenvalue weighted by Crippen LogP contribution is 2.52. The molecule has 2 fully saturated rings. The Balaban J connectivity index is 1.85. The van der Waals surface area contributed by atoms with Crippen LogP contribution >= 0.6 is 0 Å². The monoisotopic (exact) mass is 239 g/mol. The summed E-state index contributed by atoms with van der Waals surface area (Å²) in [6.45, 7) is 9.99. The molecule has 0 radical (unpaired) electrons. The fourth-order valence-corrected chi connectivity index (χ4v) is 2.72. The second kappa shape index (κ2) is 4.97. The lowest BCUT2D eigenvalue weighted by molar-refractivity contribution is -0.134. The molecule has 1 heterocycles. The van der Waals surface area contributed by atoms with Crippen molar-refractivity contribution < 1.29 is 9.53 Å². The number of nitrogens with zero attached hydrogens (tertiary/aromatic N) is 1. The molecule has 98 valence electrons. The lowest BCUT2D eigenvalue weighted by Crippen LogP contribution is -2.38. The first-order valence-electron chi connectivity index (χ1n) is 6.91. The van der Waals surface area contributed by atoms with Crippen LogP contribution < -0.4 is 0 Å². The van der Waals surface area contributed by atoms with E-state index in [2.05, 4.69) is 25.7 Å². The Morgan fingerprint density at radius 3 is 2.41 bits per heavy atom. The molecule has 0 aromatic heterocycles. The molecule has 3 nitrogen and oxygen atoms in total. The Kier molecular flexibility index (Phi) is 3.76. The molecule has 1 unspecified atom stereocenters. The van der Waals surface area contributed by atoms with Crippen LogP contribution in [-0.4, -0.2) is 37.1 Å². The van der Waals surface area contributed by atoms with Gasteiger partial charge >= 0.3 is 0 Å². The third-order valence-electron chi connectivity index (χ3n) is 4.32. The molecule has 0 aromatic carbocycles. The molecule has 0 spiro atoms. The molecule has 0 aromatic rings. The number of hydrogen-bond donors (Lipinski definition) is 0. The Morgan fingerprint density at radius 1 is 1.35 bits per heavy atom. The highest BCUT2D eigenvalue weighted by molar-refractivity contribution is 5.82. The predicted octanol–water partition coefficient (Wildman–Crippen LogP) is 2.31. The Labute approximate surface area is 105 Å². The molecule has 1 amide bonds. The van der Waals surface area contributed by atoms with Crippen LogP contribution in [0.3, 0.4) is 0 Å². The summed E-state index contributed by atoms with van der Waals surface area (Å²) in [6.07, 6.45) is 3.28. The summed E-state index contributed by atoms with van der Waals surface area (Å²) in [5.41, 5.74) is 0.250. The molecule has 1 saturated heterocycles. The minimum absolute atomic E-state index is 0.250. The summed E-state index contributed by atoms with van der Waals surface area (Å²) in [4.78, 5) is 14.4. The van der Waals surface area contributed by atoms with Gasteiger partial charge in [-0.2, -0.15) is 0 Å². The SMILES string of the molecule is CCN(CC1CCOCC1)C(=O)C1CC1(C)C. The molecule has 0 N–H and O–H groups in total. The lowest BCUT2D eigenvalue weighted by Gasteiger charge is -2.29. The Bertz CT molecular complexity index is 282. The van der Waals surface area contributed by atoms with Crippen molar-refractivity contribution in [2.75, 3.05) is 26.3 Å². The van der Waals surface area contributed by atoms with Crippen molar-refractivity contribution in [3.8, 4) is 0 Å². The number of hydrogen-bond acceptors (Lipinski definition) is 2. The van der Waals surface area contributed by atoms with Crippen molar-refractivity contribution in [1.82, 2.24) is 4.90 Å². The van der Waals surface area contributed by atoms with Crippen LogP contribution in [0.15, 0.2) is 0 Å². The summed E-state index contributed by atoms with van der Waals surface area (Å²) < 4.78 is 5.36. The van der Waals surface area contributed by atoms with Crippen LogP contribution in [0.2, 0.25) is 0 Å². The fourth-order valence-electron chi connectivity index (χ4n) is 2.72. The zero-order valence-electron chi connectivity index (χ0n) is 11.4. The third-order valence-corrected chi connectivity index (χ3v) is 4.32. The third kappa shape index (κ3) is 3.01. The molecule has 1 aliphatic carbocycles. The maximum Gasteiger partial charge on any atom is 0.226 e. The van der Waals surface area contributed by atoms with E-state index in [-0.39, 0.29) is 11.3 Å². The summed E-state index contributed by atoms with van der Waals surface area (Å²) in [6, 6.07) is 0. The van der Waals surface area contributed by atoms with Gasteiger partial charge in [-0.05, 0) is 37.5 Å².